The highest BCUT2D eigenvalue weighted by atomic mass is 16.5. The molecule has 3 aromatic rings. The molecule has 1 aromatic heterocycles. The van der Waals surface area contributed by atoms with E-state index in [1.165, 1.54) is 0 Å². The van der Waals surface area contributed by atoms with Crippen molar-refractivity contribution in [1.29, 1.82) is 0 Å². The van der Waals surface area contributed by atoms with E-state index in [1.807, 2.05) is 24.3 Å². The summed E-state index contributed by atoms with van der Waals surface area (Å²) in [5.74, 6) is -1.65. The fraction of sp³-hybridized carbons (Fsp3) is 0.348. The van der Waals surface area contributed by atoms with Gasteiger partial charge in [-0.2, -0.15) is 0 Å². The molecule has 158 valence electrons. The van der Waals surface area contributed by atoms with Gasteiger partial charge in [-0.05, 0) is 49.9 Å². The zero-order valence-electron chi connectivity index (χ0n) is 17.1. The molecule has 0 bridgehead atoms. The molecule has 1 heterocycles. The normalized spacial score (nSPS) is 13.3. The molecule has 0 aliphatic heterocycles. The second-order valence-electron chi connectivity index (χ2n) is 7.39. The van der Waals surface area contributed by atoms with E-state index in [2.05, 4.69) is 0 Å². The van der Waals surface area contributed by atoms with Crippen LogP contribution in [-0.2, 0) is 28.9 Å². The van der Waals surface area contributed by atoms with E-state index in [9.17, 15) is 19.5 Å². The lowest BCUT2D eigenvalue weighted by molar-refractivity contribution is -0.162. The summed E-state index contributed by atoms with van der Waals surface area (Å²) >= 11 is 0. The van der Waals surface area contributed by atoms with Crippen LogP contribution in [0.25, 0.3) is 11.0 Å². The topological polar surface area (TPSA) is 98.7 Å². The standard InChI is InChI=1S/C23H25NO6/c1-3-29-23(2,21(26)27)15-17-12-10-16(11-13-17)7-6-14-24-20(25)18-8-4-5-9-19(18)30-22(24)28/h4-5,8-13H,3,6-7,14-15H2,1-2H3,(H,26,27). The van der Waals surface area contributed by atoms with Crippen molar-refractivity contribution in [1.82, 2.24) is 4.57 Å². The van der Waals surface area contributed by atoms with Crippen molar-refractivity contribution in [3.8, 4) is 0 Å². The Bertz CT molecular complexity index is 1140. The minimum atomic E-state index is -1.26. The summed E-state index contributed by atoms with van der Waals surface area (Å²) in [4.78, 5) is 36.1. The average Bonchev–Trinajstić information content (AvgIpc) is 2.72. The number of aromatic nitrogens is 1. The number of benzene rings is 2. The molecule has 2 aromatic carbocycles. The van der Waals surface area contributed by atoms with Gasteiger partial charge in [0.15, 0.2) is 5.60 Å². The van der Waals surface area contributed by atoms with Gasteiger partial charge in [0.1, 0.15) is 5.58 Å². The van der Waals surface area contributed by atoms with Crippen molar-refractivity contribution < 1.29 is 19.1 Å². The molecule has 1 atom stereocenters. The Hall–Kier alpha value is -3.19. The molecular weight excluding hydrogens is 386 g/mol. The number of carboxylic acid groups (broad SMARTS) is 1. The molecule has 0 radical (unpaired) electrons. The van der Waals surface area contributed by atoms with Crippen LogP contribution in [0, 0.1) is 0 Å². The number of para-hydroxylation sites is 1. The predicted octanol–water partition coefficient (Wildman–Crippen LogP) is 3.01. The zero-order chi connectivity index (χ0) is 21.7. The molecule has 0 fully saturated rings. The molecule has 3 rings (SSSR count). The monoisotopic (exact) mass is 411 g/mol. The van der Waals surface area contributed by atoms with Gasteiger partial charge in [0.25, 0.3) is 5.56 Å². The summed E-state index contributed by atoms with van der Waals surface area (Å²) in [5, 5.41) is 9.82. The molecule has 0 amide bonds. The minimum Gasteiger partial charge on any atom is -0.479 e. The van der Waals surface area contributed by atoms with Gasteiger partial charge in [0.05, 0.1) is 5.39 Å². The van der Waals surface area contributed by atoms with Crippen molar-refractivity contribution in [2.75, 3.05) is 6.61 Å². The number of aliphatic carboxylic acids is 1. The minimum absolute atomic E-state index is 0.259. The van der Waals surface area contributed by atoms with Crippen molar-refractivity contribution in [3.05, 3.63) is 80.6 Å². The van der Waals surface area contributed by atoms with Crippen LogP contribution in [0.15, 0.2) is 62.5 Å². The summed E-state index contributed by atoms with van der Waals surface area (Å²) in [6.07, 6.45) is 1.53. The quantitative estimate of drug-likeness (QED) is 0.581. The molecule has 0 aliphatic carbocycles. The smallest absolute Gasteiger partial charge is 0.422 e. The van der Waals surface area contributed by atoms with Crippen LogP contribution in [0.5, 0.6) is 0 Å². The maximum atomic E-state index is 12.5. The van der Waals surface area contributed by atoms with Gasteiger partial charge in [0.2, 0.25) is 0 Å². The first-order valence-electron chi connectivity index (χ1n) is 9.92. The maximum absolute atomic E-state index is 12.5. The Morgan fingerprint density at radius 2 is 1.77 bits per heavy atom. The van der Waals surface area contributed by atoms with Crippen molar-refractivity contribution in [2.24, 2.45) is 0 Å². The van der Waals surface area contributed by atoms with Crippen molar-refractivity contribution in [3.63, 3.8) is 0 Å². The highest BCUT2D eigenvalue weighted by molar-refractivity contribution is 5.77. The first-order valence-corrected chi connectivity index (χ1v) is 9.92. The maximum Gasteiger partial charge on any atom is 0.422 e. The summed E-state index contributed by atoms with van der Waals surface area (Å²) in [6, 6.07) is 14.3. The van der Waals surface area contributed by atoms with Gasteiger partial charge in [0, 0.05) is 19.6 Å². The van der Waals surface area contributed by atoms with Crippen LogP contribution in [0.1, 0.15) is 31.4 Å². The third-order valence-corrected chi connectivity index (χ3v) is 5.11. The van der Waals surface area contributed by atoms with Crippen LogP contribution in [0.2, 0.25) is 0 Å². The third-order valence-electron chi connectivity index (χ3n) is 5.11. The molecule has 1 N–H and O–H groups in total. The zero-order valence-corrected chi connectivity index (χ0v) is 17.1. The lowest BCUT2D eigenvalue weighted by atomic mass is 9.95. The molecule has 30 heavy (non-hydrogen) atoms. The van der Waals surface area contributed by atoms with E-state index in [4.69, 9.17) is 9.15 Å². The van der Waals surface area contributed by atoms with Crippen LogP contribution in [-0.4, -0.2) is 27.9 Å². The average molecular weight is 411 g/mol. The van der Waals surface area contributed by atoms with Crippen molar-refractivity contribution >= 4 is 16.9 Å². The summed E-state index contributed by atoms with van der Waals surface area (Å²) in [7, 11) is 0. The molecule has 0 aliphatic rings. The lowest BCUT2D eigenvalue weighted by Gasteiger charge is -2.24. The fourth-order valence-corrected chi connectivity index (χ4v) is 3.46. The molecule has 7 heteroatoms. The molecule has 0 saturated carbocycles. The number of hydrogen-bond donors (Lipinski definition) is 1. The van der Waals surface area contributed by atoms with Gasteiger partial charge in [-0.25, -0.2) is 14.2 Å². The highest BCUT2D eigenvalue weighted by Gasteiger charge is 2.33. The second kappa shape index (κ2) is 9.09. The first kappa shape index (κ1) is 21.5. The van der Waals surface area contributed by atoms with Crippen LogP contribution >= 0.6 is 0 Å². The van der Waals surface area contributed by atoms with E-state index >= 15 is 0 Å². The third kappa shape index (κ3) is 4.68. The number of hydrogen-bond acceptors (Lipinski definition) is 5. The van der Waals surface area contributed by atoms with E-state index in [0.29, 0.717) is 30.4 Å². The van der Waals surface area contributed by atoms with Crippen LogP contribution in [0.4, 0.5) is 0 Å². The van der Waals surface area contributed by atoms with E-state index in [-0.39, 0.29) is 18.5 Å². The largest absolute Gasteiger partial charge is 0.479 e. The number of ether oxygens (including phenoxy) is 1. The number of aryl methyl sites for hydroxylation is 1. The van der Waals surface area contributed by atoms with E-state index in [1.54, 1.807) is 38.1 Å². The Kier molecular flexibility index (Phi) is 6.52. The fourth-order valence-electron chi connectivity index (χ4n) is 3.46. The van der Waals surface area contributed by atoms with Crippen molar-refractivity contribution in [2.45, 2.75) is 45.3 Å². The molecule has 1 unspecified atom stereocenters. The molecular formula is C23H25NO6. The summed E-state index contributed by atoms with van der Waals surface area (Å²) in [6.45, 7) is 3.92. The number of rotatable bonds is 9. The van der Waals surface area contributed by atoms with E-state index in [0.717, 1.165) is 15.7 Å². The van der Waals surface area contributed by atoms with Gasteiger partial charge in [-0.1, -0.05) is 36.4 Å². The molecule has 0 spiro atoms. The van der Waals surface area contributed by atoms with Crippen LogP contribution < -0.4 is 11.3 Å². The summed E-state index contributed by atoms with van der Waals surface area (Å²) in [5.41, 5.74) is 0.580. The lowest BCUT2D eigenvalue weighted by Crippen LogP contribution is -2.40. The van der Waals surface area contributed by atoms with E-state index < -0.39 is 17.3 Å². The van der Waals surface area contributed by atoms with Gasteiger partial charge >= 0.3 is 11.7 Å². The Labute approximate surface area is 173 Å². The SMILES string of the molecule is CCOC(C)(Cc1ccc(CCCn2c(=O)oc3ccccc3c2=O)cc1)C(=O)O. The Morgan fingerprint density at radius 1 is 1.10 bits per heavy atom. The number of nitrogens with zero attached hydrogens (tertiary/aromatic N) is 1. The highest BCUT2D eigenvalue weighted by Crippen LogP contribution is 2.19. The first-order chi connectivity index (χ1) is 14.3. The van der Waals surface area contributed by atoms with Gasteiger partial charge < -0.3 is 14.3 Å². The number of carboxylic acids is 1. The predicted molar refractivity (Wildman–Crippen MR) is 113 cm³/mol. The Morgan fingerprint density at radius 3 is 2.43 bits per heavy atom. The number of fused-ring (bicyclic) bond motifs is 1. The van der Waals surface area contributed by atoms with Gasteiger partial charge in [-0.3, -0.25) is 4.79 Å². The Balaban J connectivity index is 1.65. The number of carbonyl (C=O) groups is 1. The van der Waals surface area contributed by atoms with Gasteiger partial charge in [-0.15, -0.1) is 0 Å². The molecule has 7 nitrogen and oxygen atoms in total. The van der Waals surface area contributed by atoms with Crippen LogP contribution in [0.3, 0.4) is 0 Å². The second-order valence-corrected chi connectivity index (χ2v) is 7.39. The molecule has 0 saturated heterocycles. The summed E-state index contributed by atoms with van der Waals surface area (Å²) < 4.78 is 11.8.